The number of benzene rings is 2. The Kier molecular flexibility index (Phi) is 10.5. The first kappa shape index (κ1) is 28.7. The summed E-state index contributed by atoms with van der Waals surface area (Å²) in [5.74, 6) is 0. The van der Waals surface area contributed by atoms with Crippen LogP contribution in [-0.4, -0.2) is 72.5 Å². The molecule has 1 fully saturated rings. The molecule has 0 aromatic heterocycles. The van der Waals surface area contributed by atoms with Gasteiger partial charge in [-0.25, -0.2) is 0 Å². The number of nitrogens with zero attached hydrogens (tertiary/aromatic N) is 1. The van der Waals surface area contributed by atoms with E-state index < -0.39 is 23.3 Å². The molecular formula is C26H41N4O4S2+. The molecule has 0 unspecified atom stereocenters. The number of hydrogen-bond donors (Lipinski definition) is 3. The third-order valence-corrected chi connectivity index (χ3v) is 12.0. The molecule has 3 rings (SSSR count). The molecule has 0 amide bonds. The molecule has 0 bridgehead atoms. The van der Waals surface area contributed by atoms with Crippen LogP contribution in [0.5, 0.6) is 0 Å². The Morgan fingerprint density at radius 1 is 0.528 bits per heavy atom. The molecule has 10 heteroatoms. The van der Waals surface area contributed by atoms with Gasteiger partial charge in [-0.05, 0) is 77.1 Å². The van der Waals surface area contributed by atoms with E-state index in [9.17, 15) is 16.8 Å². The summed E-state index contributed by atoms with van der Waals surface area (Å²) in [5, 5.41) is 10.1. The van der Waals surface area contributed by atoms with E-state index >= 15 is 0 Å². The van der Waals surface area contributed by atoms with Crippen LogP contribution in [0.25, 0.3) is 0 Å². The molecule has 1 aliphatic heterocycles. The number of hydrogen-bond acceptors (Lipinski definition) is 7. The molecule has 0 spiro atoms. The highest BCUT2D eigenvalue weighted by Crippen LogP contribution is 2.34. The minimum Gasteiger partial charge on any atom is -0.317 e. The predicted octanol–water partition coefficient (Wildman–Crippen LogP) is 2.54. The SMILES string of the molecule is Cc1ccc(S(=O)(=O)[N+]2(S(=O)(=O)c3ccc(C)cc3)CCCNCCCNCCCNCCC2)cc1. The van der Waals surface area contributed by atoms with Gasteiger partial charge in [0.15, 0.2) is 0 Å². The Balaban J connectivity index is 2.07. The van der Waals surface area contributed by atoms with Crippen molar-refractivity contribution >= 4 is 20.0 Å². The third-order valence-electron chi connectivity index (χ3n) is 6.63. The zero-order valence-electron chi connectivity index (χ0n) is 21.5. The molecule has 36 heavy (non-hydrogen) atoms. The molecule has 0 atom stereocenters. The fraction of sp³-hybridized carbons (Fsp3) is 0.538. The maximum absolute atomic E-state index is 14.3. The lowest BCUT2D eigenvalue weighted by atomic mass is 10.2. The Bertz CT molecular complexity index is 1070. The second-order valence-corrected chi connectivity index (χ2v) is 14.0. The zero-order valence-corrected chi connectivity index (χ0v) is 23.1. The van der Waals surface area contributed by atoms with Crippen LogP contribution in [0, 0.1) is 13.8 Å². The molecule has 200 valence electrons. The van der Waals surface area contributed by atoms with Gasteiger partial charge in [0.05, 0.1) is 0 Å². The third kappa shape index (κ3) is 6.73. The second kappa shape index (κ2) is 13.1. The van der Waals surface area contributed by atoms with Gasteiger partial charge in [-0.1, -0.05) is 35.4 Å². The predicted molar refractivity (Wildman–Crippen MR) is 144 cm³/mol. The standard InChI is InChI=1S/C26H41N4O4S2/c1-23-7-11-25(12-8-23)35(31,32)30(36(33,34)26-13-9-24(2)10-14-26)21-5-19-28-17-3-15-27-16-4-18-29-20-6-22-30/h7-14,27-29H,3-6,15-22H2,1-2H3/q+1. The zero-order chi connectivity index (χ0) is 26.1. The van der Waals surface area contributed by atoms with E-state index in [0.29, 0.717) is 25.9 Å². The summed E-state index contributed by atoms with van der Waals surface area (Å²) in [4.78, 5) is 0.0652. The fourth-order valence-corrected chi connectivity index (χ4v) is 9.22. The average molecular weight is 538 g/mol. The summed E-state index contributed by atoms with van der Waals surface area (Å²) < 4.78 is 56.2. The Hall–Kier alpha value is -1.82. The molecule has 1 heterocycles. The van der Waals surface area contributed by atoms with Gasteiger partial charge < -0.3 is 16.0 Å². The van der Waals surface area contributed by atoms with Crippen LogP contribution in [0.2, 0.25) is 0 Å². The van der Waals surface area contributed by atoms with Gasteiger partial charge in [0.1, 0.15) is 22.9 Å². The van der Waals surface area contributed by atoms with Gasteiger partial charge in [0.2, 0.25) is 0 Å². The van der Waals surface area contributed by atoms with Gasteiger partial charge in [0.25, 0.3) is 0 Å². The van der Waals surface area contributed by atoms with Crippen molar-refractivity contribution in [2.45, 2.75) is 49.3 Å². The lowest BCUT2D eigenvalue weighted by Crippen LogP contribution is -2.58. The number of rotatable bonds is 4. The molecule has 1 saturated heterocycles. The Labute approximate surface area is 217 Å². The summed E-state index contributed by atoms with van der Waals surface area (Å²) in [7, 11) is -8.58. The van der Waals surface area contributed by atoms with Crippen molar-refractivity contribution in [1.82, 2.24) is 16.0 Å². The molecule has 2 aromatic carbocycles. The van der Waals surface area contributed by atoms with E-state index in [1.807, 2.05) is 13.8 Å². The van der Waals surface area contributed by atoms with Gasteiger partial charge in [-0.2, -0.15) is 16.8 Å². The summed E-state index contributed by atoms with van der Waals surface area (Å²) >= 11 is 0. The second-order valence-electron chi connectivity index (χ2n) is 9.50. The Morgan fingerprint density at radius 3 is 1.17 bits per heavy atom. The number of aryl methyl sites for hydroxylation is 2. The maximum Gasteiger partial charge on any atom is 0.341 e. The van der Waals surface area contributed by atoms with Crippen LogP contribution in [0.3, 0.4) is 0 Å². The van der Waals surface area contributed by atoms with E-state index in [1.165, 1.54) is 24.3 Å². The van der Waals surface area contributed by atoms with Crippen LogP contribution in [-0.2, 0) is 20.0 Å². The summed E-state index contributed by atoms with van der Waals surface area (Å²) in [6, 6.07) is 13.0. The molecule has 0 saturated carbocycles. The first-order valence-electron chi connectivity index (χ1n) is 12.8. The van der Waals surface area contributed by atoms with Gasteiger partial charge in [-0.3, -0.25) is 0 Å². The molecule has 0 aliphatic carbocycles. The minimum absolute atomic E-state index is 0.0301. The number of nitrogens with one attached hydrogen (secondary N) is 3. The summed E-state index contributed by atoms with van der Waals surface area (Å²) in [5.41, 5.74) is 1.83. The van der Waals surface area contributed by atoms with E-state index in [4.69, 9.17) is 0 Å². The van der Waals surface area contributed by atoms with Crippen LogP contribution in [0.1, 0.15) is 36.8 Å². The van der Waals surface area contributed by atoms with Crippen molar-refractivity contribution in [3.8, 4) is 0 Å². The normalized spacial score (nSPS) is 19.5. The molecule has 8 nitrogen and oxygen atoms in total. The van der Waals surface area contributed by atoms with E-state index in [-0.39, 0.29) is 22.9 Å². The summed E-state index contributed by atoms with van der Waals surface area (Å²) in [6.07, 6.45) is 2.74. The lowest BCUT2D eigenvalue weighted by molar-refractivity contribution is -0.674. The van der Waals surface area contributed by atoms with Crippen LogP contribution >= 0.6 is 0 Å². The molecule has 3 N–H and O–H groups in total. The highest BCUT2D eigenvalue weighted by atomic mass is 32.3. The molecule has 2 aromatic rings. The van der Waals surface area contributed by atoms with Gasteiger partial charge >= 0.3 is 20.0 Å². The molecule has 1 aliphatic rings. The Morgan fingerprint density at radius 2 is 0.833 bits per heavy atom. The van der Waals surface area contributed by atoms with Crippen molar-refractivity contribution < 1.29 is 20.1 Å². The molecule has 0 radical (unpaired) electrons. The fourth-order valence-electron chi connectivity index (χ4n) is 4.47. The van der Waals surface area contributed by atoms with E-state index in [0.717, 1.165) is 50.1 Å². The van der Waals surface area contributed by atoms with Crippen LogP contribution in [0.15, 0.2) is 58.3 Å². The number of quaternary nitrogens is 1. The topological polar surface area (TPSA) is 104 Å². The van der Waals surface area contributed by atoms with E-state index in [2.05, 4.69) is 16.0 Å². The van der Waals surface area contributed by atoms with Gasteiger partial charge in [-0.15, -0.1) is 3.29 Å². The maximum atomic E-state index is 14.3. The highest BCUT2D eigenvalue weighted by molar-refractivity contribution is 7.98. The smallest absolute Gasteiger partial charge is 0.317 e. The monoisotopic (exact) mass is 537 g/mol. The minimum atomic E-state index is -4.29. The van der Waals surface area contributed by atoms with Crippen molar-refractivity contribution in [3.05, 3.63) is 59.7 Å². The average Bonchev–Trinajstić information content (AvgIpc) is 2.84. The van der Waals surface area contributed by atoms with Crippen molar-refractivity contribution in [2.75, 3.05) is 52.4 Å². The van der Waals surface area contributed by atoms with Crippen molar-refractivity contribution in [2.24, 2.45) is 0 Å². The number of sulfonamides is 2. The highest BCUT2D eigenvalue weighted by Gasteiger charge is 2.54. The summed E-state index contributed by atoms with van der Waals surface area (Å²) in [6.45, 7) is 8.20. The quantitative estimate of drug-likeness (QED) is 0.515. The lowest BCUT2D eigenvalue weighted by Gasteiger charge is -2.35. The van der Waals surface area contributed by atoms with Crippen molar-refractivity contribution in [3.63, 3.8) is 0 Å². The first-order valence-corrected chi connectivity index (χ1v) is 15.7. The van der Waals surface area contributed by atoms with E-state index in [1.54, 1.807) is 24.3 Å². The van der Waals surface area contributed by atoms with Crippen LogP contribution in [0.4, 0.5) is 0 Å². The van der Waals surface area contributed by atoms with Crippen molar-refractivity contribution in [1.29, 1.82) is 0 Å². The largest absolute Gasteiger partial charge is 0.341 e. The molecular weight excluding hydrogens is 496 g/mol. The van der Waals surface area contributed by atoms with Crippen LogP contribution < -0.4 is 16.0 Å². The first-order chi connectivity index (χ1) is 17.2. The van der Waals surface area contributed by atoms with Gasteiger partial charge in [0, 0.05) is 25.9 Å².